The van der Waals surface area contributed by atoms with E-state index in [2.05, 4.69) is 0 Å². The third-order valence-electron chi connectivity index (χ3n) is 5.50. The van der Waals surface area contributed by atoms with Crippen LogP contribution < -0.4 is 0 Å². The molecule has 1 aliphatic carbocycles. The van der Waals surface area contributed by atoms with E-state index in [0.717, 1.165) is 19.3 Å². The molecule has 3 fully saturated rings. The summed E-state index contributed by atoms with van der Waals surface area (Å²) in [6.45, 7) is 3.37. The van der Waals surface area contributed by atoms with Crippen LogP contribution >= 0.6 is 0 Å². The van der Waals surface area contributed by atoms with E-state index in [9.17, 15) is 19.8 Å². The van der Waals surface area contributed by atoms with Crippen LogP contribution in [0.2, 0.25) is 0 Å². The molecule has 3 rings (SSSR count). The van der Waals surface area contributed by atoms with Gasteiger partial charge in [-0.2, -0.15) is 0 Å². The standard InChI is InChI=1S/C15H24N2O4/c1-15(21)5-7-16(8-6-15)14(20)17-9-10-3-2-4-11(10)12(17)13(18)19/h10-12,21H,2-9H2,1H3,(H,18,19). The number of carboxylic acids is 1. The van der Waals surface area contributed by atoms with Gasteiger partial charge in [-0.05, 0) is 44.4 Å². The molecule has 21 heavy (non-hydrogen) atoms. The monoisotopic (exact) mass is 296 g/mol. The number of carbonyl (C=O) groups excluding carboxylic acids is 1. The lowest BCUT2D eigenvalue weighted by Gasteiger charge is -2.38. The lowest BCUT2D eigenvalue weighted by Crippen LogP contribution is -2.53. The van der Waals surface area contributed by atoms with Crippen molar-refractivity contribution in [1.82, 2.24) is 9.80 Å². The molecule has 6 nitrogen and oxygen atoms in total. The highest BCUT2D eigenvalue weighted by molar-refractivity contribution is 5.84. The Morgan fingerprint density at radius 3 is 2.48 bits per heavy atom. The van der Waals surface area contributed by atoms with Crippen molar-refractivity contribution in [1.29, 1.82) is 0 Å². The molecule has 3 unspecified atom stereocenters. The first-order valence-electron chi connectivity index (χ1n) is 7.90. The van der Waals surface area contributed by atoms with Gasteiger partial charge in [-0.3, -0.25) is 0 Å². The first-order chi connectivity index (χ1) is 9.89. The molecule has 2 amide bonds. The summed E-state index contributed by atoms with van der Waals surface area (Å²) in [7, 11) is 0. The minimum atomic E-state index is -0.873. The minimum absolute atomic E-state index is 0.124. The number of urea groups is 1. The fourth-order valence-corrected chi connectivity index (χ4v) is 4.18. The van der Waals surface area contributed by atoms with Gasteiger partial charge in [-0.25, -0.2) is 9.59 Å². The van der Waals surface area contributed by atoms with Gasteiger partial charge in [0.1, 0.15) is 6.04 Å². The van der Waals surface area contributed by atoms with Crippen LogP contribution in [0.5, 0.6) is 0 Å². The van der Waals surface area contributed by atoms with Crippen molar-refractivity contribution in [2.45, 2.75) is 50.7 Å². The lowest BCUT2D eigenvalue weighted by molar-refractivity contribution is -0.142. The molecule has 3 atom stereocenters. The van der Waals surface area contributed by atoms with Crippen LogP contribution in [0, 0.1) is 11.8 Å². The number of likely N-dealkylation sites (tertiary alicyclic amines) is 2. The zero-order valence-electron chi connectivity index (χ0n) is 12.5. The summed E-state index contributed by atoms with van der Waals surface area (Å²) in [5.74, 6) is -0.399. The highest BCUT2D eigenvalue weighted by Gasteiger charge is 2.50. The van der Waals surface area contributed by atoms with Crippen LogP contribution in [0.3, 0.4) is 0 Å². The van der Waals surface area contributed by atoms with Crippen LogP contribution in [-0.4, -0.2) is 63.3 Å². The summed E-state index contributed by atoms with van der Waals surface area (Å²) in [6.07, 6.45) is 4.13. The van der Waals surface area contributed by atoms with Gasteiger partial charge in [0.05, 0.1) is 5.60 Å². The summed E-state index contributed by atoms with van der Waals surface area (Å²) >= 11 is 0. The summed E-state index contributed by atoms with van der Waals surface area (Å²) in [6, 6.07) is -0.820. The molecule has 0 aromatic rings. The number of aliphatic carboxylic acids is 1. The fourth-order valence-electron chi connectivity index (χ4n) is 4.18. The molecular formula is C15H24N2O4. The van der Waals surface area contributed by atoms with Crippen molar-refractivity contribution in [2.24, 2.45) is 11.8 Å². The Hall–Kier alpha value is -1.30. The normalized spacial score (nSPS) is 34.9. The maximum Gasteiger partial charge on any atom is 0.326 e. The molecule has 0 aromatic heterocycles. The Bertz CT molecular complexity index is 441. The maximum absolute atomic E-state index is 12.7. The number of aliphatic hydroxyl groups is 1. The molecule has 2 N–H and O–H groups in total. The second-order valence-electron chi connectivity index (χ2n) is 7.06. The van der Waals surface area contributed by atoms with Crippen LogP contribution in [0.4, 0.5) is 4.79 Å². The van der Waals surface area contributed by atoms with E-state index in [1.54, 1.807) is 16.7 Å². The lowest BCUT2D eigenvalue weighted by atomic mass is 9.93. The number of carbonyl (C=O) groups is 2. The Morgan fingerprint density at radius 1 is 1.19 bits per heavy atom. The number of carboxylic acid groups (broad SMARTS) is 1. The number of fused-ring (bicyclic) bond motifs is 1. The molecular weight excluding hydrogens is 272 g/mol. The number of piperidine rings is 1. The molecule has 6 heteroatoms. The van der Waals surface area contributed by atoms with Gasteiger partial charge >= 0.3 is 12.0 Å². The van der Waals surface area contributed by atoms with Crippen molar-refractivity contribution in [3.63, 3.8) is 0 Å². The predicted octanol–water partition coefficient (Wildman–Crippen LogP) is 1.14. The van der Waals surface area contributed by atoms with Crippen LogP contribution in [0.15, 0.2) is 0 Å². The molecule has 0 radical (unpaired) electrons. The average molecular weight is 296 g/mol. The third-order valence-corrected chi connectivity index (χ3v) is 5.50. The first kappa shape index (κ1) is 14.6. The van der Waals surface area contributed by atoms with E-state index in [1.165, 1.54) is 0 Å². The van der Waals surface area contributed by atoms with Gasteiger partial charge in [0.2, 0.25) is 0 Å². The second-order valence-corrected chi connectivity index (χ2v) is 7.06. The molecule has 0 spiro atoms. The molecule has 2 aliphatic heterocycles. The van der Waals surface area contributed by atoms with E-state index >= 15 is 0 Å². The van der Waals surface area contributed by atoms with Crippen molar-refractivity contribution in [2.75, 3.05) is 19.6 Å². The SMILES string of the molecule is CC1(O)CCN(C(=O)N2CC3CCCC3C2C(=O)O)CC1. The molecule has 118 valence electrons. The Labute approximate surface area is 124 Å². The summed E-state index contributed by atoms with van der Waals surface area (Å²) in [5, 5.41) is 19.5. The first-order valence-corrected chi connectivity index (χ1v) is 7.90. The zero-order chi connectivity index (χ0) is 15.2. The average Bonchev–Trinajstić information content (AvgIpc) is 2.96. The van der Waals surface area contributed by atoms with E-state index in [1.807, 2.05) is 0 Å². The number of amides is 2. The molecule has 0 bridgehead atoms. The van der Waals surface area contributed by atoms with Gasteiger partial charge in [0.25, 0.3) is 0 Å². The Balaban J connectivity index is 1.71. The third kappa shape index (κ3) is 2.61. The van der Waals surface area contributed by atoms with Crippen LogP contribution in [0.1, 0.15) is 39.0 Å². The predicted molar refractivity (Wildman–Crippen MR) is 75.8 cm³/mol. The van der Waals surface area contributed by atoms with Crippen molar-refractivity contribution in [3.8, 4) is 0 Å². The molecule has 1 saturated carbocycles. The summed E-state index contributed by atoms with van der Waals surface area (Å²) in [4.78, 5) is 27.5. The second kappa shape index (κ2) is 5.16. The number of hydrogen-bond donors (Lipinski definition) is 2. The van der Waals surface area contributed by atoms with E-state index in [-0.39, 0.29) is 11.9 Å². The molecule has 0 aromatic carbocycles. The van der Waals surface area contributed by atoms with Gasteiger partial charge < -0.3 is 20.0 Å². The van der Waals surface area contributed by atoms with Crippen LogP contribution in [-0.2, 0) is 4.79 Å². The fraction of sp³-hybridized carbons (Fsp3) is 0.867. The smallest absolute Gasteiger partial charge is 0.326 e. The van der Waals surface area contributed by atoms with Gasteiger partial charge in [-0.1, -0.05) is 6.42 Å². The number of rotatable bonds is 1. The van der Waals surface area contributed by atoms with Gasteiger partial charge in [-0.15, -0.1) is 0 Å². The molecule has 3 aliphatic rings. The number of nitrogens with zero attached hydrogens (tertiary/aromatic N) is 2. The van der Waals surface area contributed by atoms with Crippen molar-refractivity contribution >= 4 is 12.0 Å². The summed E-state index contributed by atoms with van der Waals surface area (Å²) < 4.78 is 0. The topological polar surface area (TPSA) is 81.1 Å². The van der Waals surface area contributed by atoms with Crippen LogP contribution in [0.25, 0.3) is 0 Å². The maximum atomic E-state index is 12.7. The molecule has 2 heterocycles. The summed E-state index contributed by atoms with van der Waals surface area (Å²) in [5.41, 5.74) is -0.704. The zero-order valence-corrected chi connectivity index (χ0v) is 12.5. The quantitative estimate of drug-likeness (QED) is 0.760. The van der Waals surface area contributed by atoms with Crippen molar-refractivity contribution in [3.05, 3.63) is 0 Å². The highest BCUT2D eigenvalue weighted by atomic mass is 16.4. The number of hydrogen-bond acceptors (Lipinski definition) is 3. The largest absolute Gasteiger partial charge is 0.480 e. The Kier molecular flexibility index (Phi) is 3.59. The van der Waals surface area contributed by atoms with E-state index < -0.39 is 17.6 Å². The minimum Gasteiger partial charge on any atom is -0.480 e. The Morgan fingerprint density at radius 2 is 1.86 bits per heavy atom. The van der Waals surface area contributed by atoms with Gasteiger partial charge in [0.15, 0.2) is 0 Å². The van der Waals surface area contributed by atoms with Crippen molar-refractivity contribution < 1.29 is 19.8 Å². The van der Waals surface area contributed by atoms with E-state index in [4.69, 9.17) is 0 Å². The van der Waals surface area contributed by atoms with Gasteiger partial charge in [0, 0.05) is 19.6 Å². The molecule has 2 saturated heterocycles. The highest BCUT2D eigenvalue weighted by Crippen LogP contribution is 2.42. The van der Waals surface area contributed by atoms with E-state index in [0.29, 0.717) is 38.4 Å².